The first-order valence-corrected chi connectivity index (χ1v) is 6.38. The van der Waals surface area contributed by atoms with Crippen molar-refractivity contribution < 1.29 is 0 Å². The van der Waals surface area contributed by atoms with Crippen LogP contribution in [-0.4, -0.2) is 16.3 Å². The number of aromatic nitrogens is 2. The molecule has 0 saturated heterocycles. The van der Waals surface area contributed by atoms with E-state index in [4.69, 9.17) is 5.73 Å². The predicted octanol–water partition coefficient (Wildman–Crippen LogP) is 1.86. The fourth-order valence-corrected chi connectivity index (χ4v) is 2.58. The molecule has 0 bridgehead atoms. The van der Waals surface area contributed by atoms with Crippen molar-refractivity contribution in [1.82, 2.24) is 15.1 Å². The topological polar surface area (TPSA) is 55.9 Å². The molecule has 0 unspecified atom stereocenters. The van der Waals surface area contributed by atoms with E-state index in [0.717, 1.165) is 46.7 Å². The van der Waals surface area contributed by atoms with Crippen LogP contribution in [0.15, 0.2) is 28.7 Å². The van der Waals surface area contributed by atoms with Crippen LogP contribution in [-0.2, 0) is 13.0 Å². The number of nitrogens with two attached hydrogens (primary N) is 1. The summed E-state index contributed by atoms with van der Waals surface area (Å²) in [6.45, 7) is 1.78. The number of benzene rings is 1. The number of halogens is 1. The van der Waals surface area contributed by atoms with Gasteiger partial charge < -0.3 is 11.1 Å². The molecule has 1 aromatic heterocycles. The Hall–Kier alpha value is -1.33. The summed E-state index contributed by atoms with van der Waals surface area (Å²) in [5.41, 5.74) is 9.39. The van der Waals surface area contributed by atoms with E-state index in [1.165, 1.54) is 0 Å². The molecule has 2 heterocycles. The molecule has 1 aromatic carbocycles. The van der Waals surface area contributed by atoms with E-state index in [1.54, 1.807) is 0 Å². The minimum atomic E-state index is 0.735. The van der Waals surface area contributed by atoms with Crippen molar-refractivity contribution in [2.75, 3.05) is 12.3 Å². The molecule has 3 N–H and O–H groups in total. The molecule has 2 aromatic rings. The standard InChI is InChI=1S/C12H13BrN4/c13-9-3-1-2-4-11(9)17-12(14)8-7-15-6-5-10(8)16-17/h1-4,15H,5-7,14H2. The summed E-state index contributed by atoms with van der Waals surface area (Å²) in [5.74, 6) is 0.735. The molecule has 0 atom stereocenters. The number of para-hydroxylation sites is 1. The molecule has 1 aliphatic heterocycles. The van der Waals surface area contributed by atoms with E-state index in [1.807, 2.05) is 28.9 Å². The summed E-state index contributed by atoms with van der Waals surface area (Å²) >= 11 is 3.53. The van der Waals surface area contributed by atoms with Gasteiger partial charge in [0.2, 0.25) is 0 Å². The van der Waals surface area contributed by atoms with Crippen molar-refractivity contribution in [1.29, 1.82) is 0 Å². The maximum absolute atomic E-state index is 6.16. The smallest absolute Gasteiger partial charge is 0.132 e. The summed E-state index contributed by atoms with van der Waals surface area (Å²) in [6.07, 6.45) is 0.941. The average Bonchev–Trinajstić information content (AvgIpc) is 2.68. The van der Waals surface area contributed by atoms with Gasteiger partial charge in [-0.3, -0.25) is 0 Å². The Morgan fingerprint density at radius 3 is 2.94 bits per heavy atom. The van der Waals surface area contributed by atoms with Gasteiger partial charge in [0.25, 0.3) is 0 Å². The number of hydrogen-bond acceptors (Lipinski definition) is 3. The minimum absolute atomic E-state index is 0.735. The van der Waals surface area contributed by atoms with E-state index in [9.17, 15) is 0 Å². The molecule has 0 spiro atoms. The molecule has 5 heteroatoms. The molecule has 0 radical (unpaired) electrons. The van der Waals surface area contributed by atoms with Gasteiger partial charge in [0.15, 0.2) is 0 Å². The zero-order chi connectivity index (χ0) is 11.8. The second-order valence-electron chi connectivity index (χ2n) is 4.10. The lowest BCUT2D eigenvalue weighted by Crippen LogP contribution is -2.23. The first kappa shape index (κ1) is 10.8. The lowest BCUT2D eigenvalue weighted by molar-refractivity contribution is 0.636. The van der Waals surface area contributed by atoms with Crippen LogP contribution in [0.2, 0.25) is 0 Å². The maximum atomic E-state index is 6.16. The Kier molecular flexibility index (Phi) is 2.64. The van der Waals surface area contributed by atoms with Crippen LogP contribution < -0.4 is 11.1 Å². The molecule has 0 saturated carbocycles. The van der Waals surface area contributed by atoms with E-state index in [2.05, 4.69) is 26.3 Å². The van der Waals surface area contributed by atoms with Crippen molar-refractivity contribution in [3.8, 4) is 5.69 Å². The van der Waals surface area contributed by atoms with Crippen LogP contribution in [0.5, 0.6) is 0 Å². The Morgan fingerprint density at radius 2 is 2.18 bits per heavy atom. The number of nitrogen functional groups attached to an aromatic ring is 1. The fourth-order valence-electron chi connectivity index (χ4n) is 2.13. The van der Waals surface area contributed by atoms with Gasteiger partial charge in [-0.15, -0.1) is 0 Å². The number of rotatable bonds is 1. The molecule has 88 valence electrons. The molecule has 0 aliphatic carbocycles. The third kappa shape index (κ3) is 1.75. The highest BCUT2D eigenvalue weighted by Crippen LogP contribution is 2.27. The van der Waals surface area contributed by atoms with Gasteiger partial charge in [-0.2, -0.15) is 5.10 Å². The summed E-state index contributed by atoms with van der Waals surface area (Å²) in [4.78, 5) is 0. The first-order valence-electron chi connectivity index (χ1n) is 5.59. The second-order valence-corrected chi connectivity index (χ2v) is 4.95. The maximum Gasteiger partial charge on any atom is 0.132 e. The fraction of sp³-hybridized carbons (Fsp3) is 0.250. The third-order valence-electron chi connectivity index (χ3n) is 3.03. The third-order valence-corrected chi connectivity index (χ3v) is 3.70. The Labute approximate surface area is 108 Å². The molecule has 1 aliphatic rings. The van der Waals surface area contributed by atoms with Crippen LogP contribution in [0.1, 0.15) is 11.3 Å². The Balaban J connectivity index is 2.16. The monoisotopic (exact) mass is 292 g/mol. The summed E-state index contributed by atoms with van der Waals surface area (Å²) in [7, 11) is 0. The van der Waals surface area contributed by atoms with Gasteiger partial charge in [-0.25, -0.2) is 4.68 Å². The summed E-state index contributed by atoms with van der Waals surface area (Å²) in [5, 5.41) is 7.92. The molecular weight excluding hydrogens is 280 g/mol. The molecule has 0 fully saturated rings. The highest BCUT2D eigenvalue weighted by molar-refractivity contribution is 9.10. The van der Waals surface area contributed by atoms with E-state index in [0.29, 0.717) is 0 Å². The van der Waals surface area contributed by atoms with Gasteiger partial charge in [0.1, 0.15) is 5.82 Å². The van der Waals surface area contributed by atoms with E-state index >= 15 is 0 Å². The second kappa shape index (κ2) is 4.16. The predicted molar refractivity (Wildman–Crippen MR) is 71.1 cm³/mol. The summed E-state index contributed by atoms with van der Waals surface area (Å²) in [6, 6.07) is 7.97. The Bertz CT molecular complexity index is 562. The van der Waals surface area contributed by atoms with Crippen molar-refractivity contribution >= 4 is 21.7 Å². The molecule has 17 heavy (non-hydrogen) atoms. The lowest BCUT2D eigenvalue weighted by Gasteiger charge is -2.10. The minimum Gasteiger partial charge on any atom is -0.383 e. The lowest BCUT2D eigenvalue weighted by atomic mass is 10.1. The van der Waals surface area contributed by atoms with Gasteiger partial charge >= 0.3 is 0 Å². The molecule has 0 amide bonds. The SMILES string of the molecule is Nc1c2c(nn1-c1ccccc1Br)CCNC2. The van der Waals surface area contributed by atoms with Crippen molar-refractivity contribution in [2.24, 2.45) is 0 Å². The van der Waals surface area contributed by atoms with Crippen LogP contribution in [0.4, 0.5) is 5.82 Å². The number of nitrogens with zero attached hydrogens (tertiary/aromatic N) is 2. The normalized spacial score (nSPS) is 14.6. The van der Waals surface area contributed by atoms with Crippen molar-refractivity contribution in [3.05, 3.63) is 40.0 Å². The molecule has 3 rings (SSSR count). The number of hydrogen-bond donors (Lipinski definition) is 2. The van der Waals surface area contributed by atoms with Gasteiger partial charge in [0.05, 0.1) is 11.4 Å². The van der Waals surface area contributed by atoms with E-state index in [-0.39, 0.29) is 0 Å². The highest BCUT2D eigenvalue weighted by atomic mass is 79.9. The summed E-state index contributed by atoms with van der Waals surface area (Å²) < 4.78 is 2.82. The van der Waals surface area contributed by atoms with E-state index < -0.39 is 0 Å². The van der Waals surface area contributed by atoms with Crippen molar-refractivity contribution in [2.45, 2.75) is 13.0 Å². The van der Waals surface area contributed by atoms with Crippen LogP contribution >= 0.6 is 15.9 Å². The zero-order valence-electron chi connectivity index (χ0n) is 9.28. The van der Waals surface area contributed by atoms with Gasteiger partial charge in [-0.05, 0) is 28.1 Å². The number of fused-ring (bicyclic) bond motifs is 1. The van der Waals surface area contributed by atoms with Crippen LogP contribution in [0.3, 0.4) is 0 Å². The average molecular weight is 293 g/mol. The quantitative estimate of drug-likeness (QED) is 0.844. The number of anilines is 1. The van der Waals surface area contributed by atoms with Crippen molar-refractivity contribution in [3.63, 3.8) is 0 Å². The van der Waals surface area contributed by atoms with Crippen LogP contribution in [0, 0.1) is 0 Å². The zero-order valence-corrected chi connectivity index (χ0v) is 10.9. The highest BCUT2D eigenvalue weighted by Gasteiger charge is 2.19. The largest absolute Gasteiger partial charge is 0.383 e. The van der Waals surface area contributed by atoms with Gasteiger partial charge in [-0.1, -0.05) is 12.1 Å². The van der Waals surface area contributed by atoms with Crippen LogP contribution in [0.25, 0.3) is 5.69 Å². The number of nitrogens with one attached hydrogen (secondary N) is 1. The molecule has 4 nitrogen and oxygen atoms in total. The molecular formula is C12H13BrN4. The van der Waals surface area contributed by atoms with Gasteiger partial charge in [0, 0.05) is 29.5 Å². The Morgan fingerprint density at radius 1 is 1.35 bits per heavy atom. The first-order chi connectivity index (χ1) is 8.27.